The van der Waals surface area contributed by atoms with Crippen LogP contribution in [0.25, 0.3) is 27.8 Å². The number of hydrogen-bond donors (Lipinski definition) is 2. The Morgan fingerprint density at radius 3 is 2.47 bits per heavy atom. The van der Waals surface area contributed by atoms with Crippen molar-refractivity contribution in [3.8, 4) is 16.9 Å². The number of nitrogens with one attached hydrogen (secondary N) is 2. The van der Waals surface area contributed by atoms with Gasteiger partial charge < -0.3 is 15.5 Å². The highest BCUT2D eigenvalue weighted by molar-refractivity contribution is 6.04. The highest BCUT2D eigenvalue weighted by atomic mass is 16.2. The number of benzene rings is 2. The summed E-state index contributed by atoms with van der Waals surface area (Å²) in [6.07, 6.45) is 11.3. The van der Waals surface area contributed by atoms with Crippen LogP contribution in [0.1, 0.15) is 29.2 Å². The fourth-order valence-corrected chi connectivity index (χ4v) is 5.69. The van der Waals surface area contributed by atoms with Gasteiger partial charge in [0.25, 0.3) is 11.5 Å². The van der Waals surface area contributed by atoms with Crippen molar-refractivity contribution in [3.63, 3.8) is 0 Å². The average Bonchev–Trinajstić information content (AvgIpc) is 3.57. The Morgan fingerprint density at radius 2 is 1.67 bits per heavy atom. The van der Waals surface area contributed by atoms with E-state index in [-0.39, 0.29) is 11.1 Å². The van der Waals surface area contributed by atoms with Crippen molar-refractivity contribution in [2.45, 2.75) is 18.9 Å². The molecule has 7 rings (SSSR count). The number of pyridine rings is 3. The number of fused-ring (bicyclic) bond motifs is 1. The molecule has 1 aliphatic heterocycles. The summed E-state index contributed by atoms with van der Waals surface area (Å²) in [7, 11) is 2.16. The van der Waals surface area contributed by atoms with Gasteiger partial charge in [0.1, 0.15) is 5.56 Å². The Balaban J connectivity index is 1.07. The monoisotopic (exact) mass is 596 g/mol. The second-order valence-corrected chi connectivity index (χ2v) is 11.3. The molecule has 4 aromatic heterocycles. The predicted octanol–water partition coefficient (Wildman–Crippen LogP) is 5.91. The van der Waals surface area contributed by atoms with Gasteiger partial charge in [-0.15, -0.1) is 0 Å². The van der Waals surface area contributed by atoms with Crippen molar-refractivity contribution in [2.75, 3.05) is 30.8 Å². The highest BCUT2D eigenvalue weighted by Crippen LogP contribution is 2.30. The quantitative estimate of drug-likeness (QED) is 0.236. The van der Waals surface area contributed by atoms with Crippen LogP contribution >= 0.6 is 0 Å². The summed E-state index contributed by atoms with van der Waals surface area (Å²) in [6.45, 7) is 2.15. The van der Waals surface area contributed by atoms with Crippen LogP contribution in [0.3, 0.4) is 0 Å². The first-order valence-electron chi connectivity index (χ1n) is 15.0. The number of carbonyl (C=O) groups excluding carboxylic acids is 1. The topological polar surface area (TPSA) is 110 Å². The van der Waals surface area contributed by atoms with E-state index in [2.05, 4.69) is 48.5 Å². The largest absolute Gasteiger partial charge is 0.355 e. The van der Waals surface area contributed by atoms with Crippen LogP contribution in [0, 0.1) is 0 Å². The van der Waals surface area contributed by atoms with E-state index in [0.29, 0.717) is 17.4 Å². The zero-order valence-electron chi connectivity index (χ0n) is 24.8. The van der Waals surface area contributed by atoms with Gasteiger partial charge in [0.2, 0.25) is 0 Å². The summed E-state index contributed by atoms with van der Waals surface area (Å²) in [5.41, 5.74) is 5.26. The van der Waals surface area contributed by atoms with Crippen LogP contribution in [0.5, 0.6) is 0 Å². The summed E-state index contributed by atoms with van der Waals surface area (Å²) in [5.74, 6) is -0.467. The Labute approximate surface area is 260 Å². The van der Waals surface area contributed by atoms with E-state index in [1.54, 1.807) is 36.8 Å². The molecule has 2 N–H and O–H groups in total. The lowest BCUT2D eigenvalue weighted by Gasteiger charge is -2.28. The maximum Gasteiger partial charge on any atom is 0.267 e. The summed E-state index contributed by atoms with van der Waals surface area (Å²) >= 11 is 0. The number of piperidine rings is 1. The lowest BCUT2D eigenvalue weighted by molar-refractivity contribution is 0.102. The Morgan fingerprint density at radius 1 is 0.889 bits per heavy atom. The minimum atomic E-state index is -0.467. The Kier molecular flexibility index (Phi) is 7.62. The molecule has 10 nitrogen and oxygen atoms in total. The Bertz CT molecular complexity index is 2030. The van der Waals surface area contributed by atoms with E-state index in [9.17, 15) is 9.59 Å². The van der Waals surface area contributed by atoms with E-state index >= 15 is 0 Å². The van der Waals surface area contributed by atoms with E-state index in [1.165, 1.54) is 10.6 Å². The minimum absolute atomic E-state index is 0.0631. The molecule has 1 saturated heterocycles. The number of amides is 1. The molecule has 2 aromatic carbocycles. The first-order chi connectivity index (χ1) is 22.0. The van der Waals surface area contributed by atoms with Gasteiger partial charge in [-0.1, -0.05) is 18.2 Å². The third kappa shape index (κ3) is 5.96. The first-order valence-corrected chi connectivity index (χ1v) is 15.0. The SMILES string of the molecule is CN1CCC(n2cc(-c3cc4c(Nc5ccc(NC(=O)c6cccn(-c7ccccc7)c6=O)cc5)ccnc4cn3)cn2)CC1. The molecule has 10 heteroatoms. The van der Waals surface area contributed by atoms with Gasteiger partial charge in [-0.2, -0.15) is 5.10 Å². The average molecular weight is 597 g/mol. The highest BCUT2D eigenvalue weighted by Gasteiger charge is 2.20. The third-order valence-electron chi connectivity index (χ3n) is 8.24. The fraction of sp³-hybridized carbons (Fsp3) is 0.171. The van der Waals surface area contributed by atoms with Gasteiger partial charge in [0, 0.05) is 52.3 Å². The van der Waals surface area contributed by atoms with Gasteiger partial charge in [0.05, 0.1) is 29.6 Å². The second kappa shape index (κ2) is 12.2. The van der Waals surface area contributed by atoms with Crippen LogP contribution in [0.2, 0.25) is 0 Å². The lowest BCUT2D eigenvalue weighted by Crippen LogP contribution is -2.31. The normalized spacial score (nSPS) is 14.0. The number of para-hydroxylation sites is 1. The summed E-state index contributed by atoms with van der Waals surface area (Å²) < 4.78 is 3.54. The molecule has 0 aliphatic carbocycles. The molecule has 6 aromatic rings. The molecule has 0 saturated carbocycles. The van der Waals surface area contributed by atoms with Gasteiger partial charge in [-0.05, 0) is 93.6 Å². The molecule has 0 spiro atoms. The second-order valence-electron chi connectivity index (χ2n) is 11.3. The maximum absolute atomic E-state index is 13.0. The molecule has 45 heavy (non-hydrogen) atoms. The lowest BCUT2D eigenvalue weighted by atomic mass is 10.1. The van der Waals surface area contributed by atoms with Crippen molar-refractivity contribution in [1.29, 1.82) is 0 Å². The molecule has 0 bridgehead atoms. The molecule has 5 heterocycles. The van der Waals surface area contributed by atoms with Gasteiger partial charge in [-0.25, -0.2) is 0 Å². The standard InChI is InChI=1S/C35H32N8O2/c1-41-18-14-28(15-19-41)43-23-24(21-38-43)32-20-30-31(13-16-36-33(30)22-37-32)39-25-9-11-26(12-10-25)40-34(44)29-8-5-17-42(35(29)45)27-6-3-2-4-7-27/h2-13,16-17,20-23,28H,14-15,18-19H2,1H3,(H,36,39)(H,40,44). The third-order valence-corrected chi connectivity index (χ3v) is 8.24. The van der Waals surface area contributed by atoms with Crippen LogP contribution < -0.4 is 16.2 Å². The summed E-state index contributed by atoms with van der Waals surface area (Å²) in [4.78, 5) is 37.6. The molecule has 1 aliphatic rings. The number of likely N-dealkylation sites (tertiary alicyclic amines) is 1. The van der Waals surface area contributed by atoms with Crippen molar-refractivity contribution in [3.05, 3.63) is 126 Å². The van der Waals surface area contributed by atoms with Crippen LogP contribution in [-0.2, 0) is 0 Å². The molecule has 0 unspecified atom stereocenters. The van der Waals surface area contributed by atoms with E-state index in [4.69, 9.17) is 0 Å². The number of aromatic nitrogens is 5. The minimum Gasteiger partial charge on any atom is -0.355 e. The molecule has 0 radical (unpaired) electrons. The number of rotatable bonds is 7. The first kappa shape index (κ1) is 28.2. The van der Waals surface area contributed by atoms with Crippen molar-refractivity contribution in [2.24, 2.45) is 0 Å². The number of hydrogen-bond acceptors (Lipinski definition) is 7. The zero-order chi connectivity index (χ0) is 30.8. The zero-order valence-corrected chi connectivity index (χ0v) is 24.8. The van der Waals surface area contributed by atoms with Crippen LogP contribution in [-0.4, -0.2) is 55.3 Å². The molecular formula is C35H32N8O2. The van der Waals surface area contributed by atoms with Gasteiger partial charge in [-0.3, -0.25) is 28.8 Å². The molecule has 1 amide bonds. The van der Waals surface area contributed by atoms with E-state index in [1.807, 2.05) is 60.8 Å². The van der Waals surface area contributed by atoms with Gasteiger partial charge >= 0.3 is 0 Å². The molecule has 1 fully saturated rings. The molecular weight excluding hydrogens is 564 g/mol. The van der Waals surface area contributed by atoms with Crippen molar-refractivity contribution in [1.82, 2.24) is 29.2 Å². The van der Waals surface area contributed by atoms with Crippen LogP contribution in [0.4, 0.5) is 17.1 Å². The summed E-state index contributed by atoms with van der Waals surface area (Å²) in [6, 6.07) is 24.2. The maximum atomic E-state index is 13.0. The van der Waals surface area contributed by atoms with E-state index < -0.39 is 5.91 Å². The van der Waals surface area contributed by atoms with Gasteiger partial charge in [0.15, 0.2) is 0 Å². The Hall–Kier alpha value is -5.61. The van der Waals surface area contributed by atoms with Crippen molar-refractivity contribution >= 4 is 33.9 Å². The smallest absolute Gasteiger partial charge is 0.267 e. The number of anilines is 3. The molecule has 224 valence electrons. The number of carbonyl (C=O) groups is 1. The van der Waals surface area contributed by atoms with Crippen LogP contribution in [0.15, 0.2) is 115 Å². The van der Waals surface area contributed by atoms with Crippen molar-refractivity contribution < 1.29 is 4.79 Å². The van der Waals surface area contributed by atoms with E-state index in [0.717, 1.165) is 59.5 Å². The predicted molar refractivity (Wildman–Crippen MR) is 176 cm³/mol. The number of nitrogens with zero attached hydrogens (tertiary/aromatic N) is 6. The summed E-state index contributed by atoms with van der Waals surface area (Å²) in [5, 5.41) is 11.9. The molecule has 0 atom stereocenters. The fourth-order valence-electron chi connectivity index (χ4n) is 5.69.